The van der Waals surface area contributed by atoms with Gasteiger partial charge in [0.2, 0.25) is 6.41 Å². The number of nitrogens with two attached hydrogens (primary N) is 1. The van der Waals surface area contributed by atoms with Crippen LogP contribution in [0, 0.1) is 17.1 Å². The minimum absolute atomic E-state index is 0. The van der Waals surface area contributed by atoms with Crippen molar-refractivity contribution in [3.8, 4) is 17.2 Å². The Kier molecular flexibility index (Phi) is 12.6. The summed E-state index contributed by atoms with van der Waals surface area (Å²) in [7, 11) is 0. The Hall–Kier alpha value is -3.56. The molecule has 3 N–H and O–H groups in total. The molecular weight excluding hydrogens is 505 g/mol. The number of halogens is 1. The fourth-order valence-corrected chi connectivity index (χ4v) is 4.31. The maximum atomic E-state index is 14.4. The number of primary amides is 1. The van der Waals surface area contributed by atoms with E-state index in [0.29, 0.717) is 42.8 Å². The number of hydrogen-bond acceptors (Lipinski definition) is 8. The van der Waals surface area contributed by atoms with E-state index in [1.54, 1.807) is 16.7 Å². The number of ether oxygens (including phenoxy) is 2. The molecule has 2 fully saturated rings. The molecule has 2 aliphatic rings. The third kappa shape index (κ3) is 9.30. The molecule has 1 amide bonds. The predicted octanol–water partition coefficient (Wildman–Crippen LogP) is 2.78. The summed E-state index contributed by atoms with van der Waals surface area (Å²) in [5, 5.41) is 11.9. The maximum Gasteiger partial charge on any atom is 0.419 e. The van der Waals surface area contributed by atoms with Crippen molar-refractivity contribution in [2.45, 2.75) is 25.8 Å². The molecule has 2 aliphatic heterocycles. The lowest BCUT2D eigenvalue weighted by molar-refractivity contribution is -0.106. The first kappa shape index (κ1) is 30.0. The molecule has 0 atom stereocenters. The van der Waals surface area contributed by atoms with E-state index in [4.69, 9.17) is 23.9 Å². The standard InChI is InChI=1S/C22H22FN3O3.C5H11NO.CH3NO.2H2/c23-19-14-17(4-3-16(19)2-1-7-24)18-5-6-21-20(15-18)26(22(27)29-21)9-8-25-10-12-28-13-11-25;1-2-6-3-5-7-4-1;2-1-3;;/h3-6,14-15H,1-2,8-13H2;6H,1-5H2;1H,(H2,2,3);2*1H. The number of aryl methyl sites for hydroxylation is 1. The maximum absolute atomic E-state index is 14.4. The molecule has 11 heteroatoms. The monoisotopic (exact) mass is 545 g/mol. The fraction of sp³-hybridized carbons (Fsp3) is 0.464. The van der Waals surface area contributed by atoms with Gasteiger partial charge in [0, 0.05) is 48.6 Å². The van der Waals surface area contributed by atoms with Gasteiger partial charge in [-0.2, -0.15) is 5.26 Å². The van der Waals surface area contributed by atoms with Gasteiger partial charge >= 0.3 is 5.76 Å². The van der Waals surface area contributed by atoms with Crippen molar-refractivity contribution in [3.63, 3.8) is 0 Å². The van der Waals surface area contributed by atoms with Crippen molar-refractivity contribution in [1.29, 1.82) is 5.26 Å². The molecule has 2 saturated heterocycles. The number of carbonyl (C=O) groups excluding carboxylic acids is 1. The first-order valence-electron chi connectivity index (χ1n) is 13.1. The minimum Gasteiger partial charge on any atom is -0.408 e. The van der Waals surface area contributed by atoms with Gasteiger partial charge in [-0.25, -0.2) is 9.18 Å². The number of nitrogens with zero attached hydrogens (tertiary/aromatic N) is 3. The minimum atomic E-state index is -0.386. The van der Waals surface area contributed by atoms with Crippen LogP contribution in [-0.4, -0.2) is 75.0 Å². The zero-order valence-electron chi connectivity index (χ0n) is 22.1. The molecule has 10 nitrogen and oxygen atoms in total. The second-order valence-electron chi connectivity index (χ2n) is 8.97. The van der Waals surface area contributed by atoms with Crippen molar-refractivity contribution in [2.24, 2.45) is 5.73 Å². The van der Waals surface area contributed by atoms with E-state index in [9.17, 15) is 9.18 Å². The summed E-state index contributed by atoms with van der Waals surface area (Å²) in [5.41, 5.74) is 7.45. The number of hydrogen-bond donors (Lipinski definition) is 2. The number of oxazole rings is 1. The van der Waals surface area contributed by atoms with Crippen LogP contribution >= 0.6 is 0 Å². The van der Waals surface area contributed by atoms with Crippen LogP contribution in [0.3, 0.4) is 0 Å². The van der Waals surface area contributed by atoms with E-state index >= 15 is 0 Å². The van der Waals surface area contributed by atoms with Crippen molar-refractivity contribution >= 4 is 17.5 Å². The van der Waals surface area contributed by atoms with Crippen molar-refractivity contribution in [2.75, 3.05) is 59.2 Å². The largest absolute Gasteiger partial charge is 0.419 e. The van der Waals surface area contributed by atoms with Gasteiger partial charge in [0.15, 0.2) is 5.58 Å². The average Bonchev–Trinajstić information content (AvgIpc) is 3.10. The van der Waals surface area contributed by atoms with Gasteiger partial charge in [0.1, 0.15) is 5.82 Å². The third-order valence-electron chi connectivity index (χ3n) is 6.37. The highest BCUT2D eigenvalue weighted by molar-refractivity contribution is 5.80. The van der Waals surface area contributed by atoms with E-state index in [1.165, 1.54) is 12.5 Å². The molecule has 0 radical (unpaired) electrons. The Labute approximate surface area is 230 Å². The number of morpholine rings is 1. The van der Waals surface area contributed by atoms with Crippen molar-refractivity contribution in [1.82, 2.24) is 14.8 Å². The van der Waals surface area contributed by atoms with Crippen LogP contribution in [0.5, 0.6) is 0 Å². The summed E-state index contributed by atoms with van der Waals surface area (Å²) < 4.78 is 31.9. The van der Waals surface area contributed by atoms with Crippen LogP contribution in [0.15, 0.2) is 45.6 Å². The summed E-state index contributed by atoms with van der Waals surface area (Å²) in [6.07, 6.45) is 2.09. The van der Waals surface area contributed by atoms with E-state index < -0.39 is 0 Å². The summed E-state index contributed by atoms with van der Waals surface area (Å²) >= 11 is 0. The second kappa shape index (κ2) is 16.4. The first-order valence-corrected chi connectivity index (χ1v) is 13.1. The Morgan fingerprint density at radius 2 is 1.77 bits per heavy atom. The Balaban J connectivity index is 0.000000600. The Bertz CT molecular complexity index is 1270. The molecule has 0 bridgehead atoms. The van der Waals surface area contributed by atoms with E-state index in [-0.39, 0.29) is 27.3 Å². The lowest BCUT2D eigenvalue weighted by Crippen LogP contribution is -2.38. The Morgan fingerprint density at radius 3 is 2.51 bits per heavy atom. The number of rotatable bonds is 6. The summed E-state index contributed by atoms with van der Waals surface area (Å²) in [4.78, 5) is 23.2. The van der Waals surface area contributed by atoms with Crippen molar-refractivity contribution < 1.29 is 25.9 Å². The van der Waals surface area contributed by atoms with Gasteiger partial charge in [-0.05, 0) is 54.3 Å². The highest BCUT2D eigenvalue weighted by Crippen LogP contribution is 2.26. The number of carbonyl (C=O) groups is 1. The van der Waals surface area contributed by atoms with Crippen LogP contribution in [0.4, 0.5) is 4.39 Å². The molecule has 0 saturated carbocycles. The molecule has 0 unspecified atom stereocenters. The van der Waals surface area contributed by atoms with E-state index in [1.807, 2.05) is 24.3 Å². The molecule has 2 aromatic carbocycles. The van der Waals surface area contributed by atoms with Gasteiger partial charge < -0.3 is 24.9 Å². The smallest absolute Gasteiger partial charge is 0.408 e. The summed E-state index contributed by atoms with van der Waals surface area (Å²) in [6.45, 7) is 8.37. The number of nitrogens with one attached hydrogen (secondary N) is 1. The zero-order valence-corrected chi connectivity index (χ0v) is 22.1. The highest BCUT2D eigenvalue weighted by atomic mass is 19.1. The predicted molar refractivity (Wildman–Crippen MR) is 150 cm³/mol. The molecule has 39 heavy (non-hydrogen) atoms. The van der Waals surface area contributed by atoms with Gasteiger partial charge in [-0.1, -0.05) is 18.2 Å². The zero-order chi connectivity index (χ0) is 27.9. The lowest BCUT2D eigenvalue weighted by Gasteiger charge is -2.26. The normalized spacial score (nSPS) is 15.7. The second-order valence-corrected chi connectivity index (χ2v) is 8.97. The van der Waals surface area contributed by atoms with E-state index in [2.05, 4.69) is 16.0 Å². The number of amides is 1. The number of nitriles is 1. The average molecular weight is 546 g/mol. The quantitative estimate of drug-likeness (QED) is 0.452. The summed E-state index contributed by atoms with van der Waals surface area (Å²) in [5.74, 6) is -0.710. The highest BCUT2D eigenvalue weighted by Gasteiger charge is 2.15. The topological polar surface area (TPSA) is 136 Å². The number of benzene rings is 2. The molecule has 3 aromatic rings. The van der Waals surface area contributed by atoms with Crippen LogP contribution in [-0.2, 0) is 27.2 Å². The lowest BCUT2D eigenvalue weighted by atomic mass is 10.0. The van der Waals surface area contributed by atoms with E-state index in [0.717, 1.165) is 57.1 Å². The van der Waals surface area contributed by atoms with Crippen molar-refractivity contribution in [3.05, 3.63) is 58.3 Å². The summed E-state index contributed by atoms with van der Waals surface area (Å²) in [6, 6.07) is 12.5. The molecule has 5 rings (SSSR count). The van der Waals surface area contributed by atoms with Crippen LogP contribution < -0.4 is 16.8 Å². The molecule has 3 heterocycles. The van der Waals surface area contributed by atoms with Crippen LogP contribution in [0.1, 0.15) is 21.3 Å². The van der Waals surface area contributed by atoms with Crippen LogP contribution in [0.2, 0.25) is 0 Å². The Morgan fingerprint density at radius 1 is 1.05 bits per heavy atom. The molecule has 0 aliphatic carbocycles. The van der Waals surface area contributed by atoms with Gasteiger partial charge in [-0.3, -0.25) is 14.3 Å². The molecule has 0 spiro atoms. The van der Waals surface area contributed by atoms with Gasteiger partial charge in [0.05, 0.1) is 31.4 Å². The third-order valence-corrected chi connectivity index (χ3v) is 6.37. The van der Waals surface area contributed by atoms with Gasteiger partial charge in [0.25, 0.3) is 0 Å². The first-order chi connectivity index (χ1) is 19.1. The SMILES string of the molecule is C1CNCCOC1.N#CCCc1ccc(-c2ccc3oc(=O)n(CCN4CCOCC4)c3c2)cc1F.NC=O.[HH].[HH]. The molecule has 214 valence electrons. The van der Waals surface area contributed by atoms with Gasteiger partial charge in [-0.15, -0.1) is 0 Å². The fourth-order valence-electron chi connectivity index (χ4n) is 4.31. The molecule has 1 aromatic heterocycles. The van der Waals surface area contributed by atoms with Crippen LogP contribution in [0.25, 0.3) is 22.2 Å². The number of aromatic nitrogens is 1. The molecular formula is C28H40FN5O5. The number of fused-ring (bicyclic) bond motifs is 1.